The van der Waals surface area contributed by atoms with Crippen LogP contribution in [0.3, 0.4) is 0 Å². The molecule has 1 aromatic rings. The summed E-state index contributed by atoms with van der Waals surface area (Å²) in [5.74, 6) is -0.819. The van der Waals surface area contributed by atoms with Gasteiger partial charge >= 0.3 is 0 Å². The second-order valence-corrected chi connectivity index (χ2v) is 5.48. The molecule has 1 heterocycles. The van der Waals surface area contributed by atoms with Crippen molar-refractivity contribution in [3.8, 4) is 0 Å². The van der Waals surface area contributed by atoms with Crippen molar-refractivity contribution >= 4 is 17.5 Å². The van der Waals surface area contributed by atoms with Gasteiger partial charge in [0.25, 0.3) is 5.91 Å². The van der Waals surface area contributed by atoms with Gasteiger partial charge in [0.2, 0.25) is 5.91 Å². The van der Waals surface area contributed by atoms with Crippen LogP contribution in [0.1, 0.15) is 30.1 Å². The average Bonchev–Trinajstić information content (AvgIpc) is 2.46. The third-order valence-corrected chi connectivity index (χ3v) is 3.81. The molecule has 2 amide bonds. The first-order valence-electron chi connectivity index (χ1n) is 7.08. The SMILES string of the molecule is CC1CCN(C(=O)CNc2ccc(F)c(C(N)=O)c2)CC1. The predicted molar refractivity (Wildman–Crippen MR) is 78.4 cm³/mol. The zero-order valence-electron chi connectivity index (χ0n) is 12.1. The Morgan fingerprint density at radius 3 is 2.67 bits per heavy atom. The fraction of sp³-hybridized carbons (Fsp3) is 0.467. The number of halogens is 1. The van der Waals surface area contributed by atoms with E-state index in [0.717, 1.165) is 32.0 Å². The van der Waals surface area contributed by atoms with Crippen LogP contribution in [0.2, 0.25) is 0 Å². The monoisotopic (exact) mass is 293 g/mol. The van der Waals surface area contributed by atoms with Crippen LogP contribution in [0.15, 0.2) is 18.2 Å². The number of hydrogen-bond donors (Lipinski definition) is 2. The number of carbonyl (C=O) groups is 2. The molecule has 1 saturated heterocycles. The predicted octanol–water partition coefficient (Wildman–Crippen LogP) is 1.59. The second kappa shape index (κ2) is 6.56. The third-order valence-electron chi connectivity index (χ3n) is 3.81. The van der Waals surface area contributed by atoms with Crippen molar-refractivity contribution in [3.63, 3.8) is 0 Å². The van der Waals surface area contributed by atoms with E-state index in [1.165, 1.54) is 12.1 Å². The molecular weight excluding hydrogens is 273 g/mol. The van der Waals surface area contributed by atoms with Crippen molar-refractivity contribution in [1.29, 1.82) is 0 Å². The maximum absolute atomic E-state index is 13.3. The minimum atomic E-state index is -0.826. The molecule has 21 heavy (non-hydrogen) atoms. The summed E-state index contributed by atoms with van der Waals surface area (Å²) in [6, 6.07) is 3.96. The first kappa shape index (κ1) is 15.3. The molecular formula is C15H20FN3O2. The molecule has 2 rings (SSSR count). The highest BCUT2D eigenvalue weighted by Gasteiger charge is 2.20. The van der Waals surface area contributed by atoms with Gasteiger partial charge in [-0.1, -0.05) is 6.92 Å². The molecule has 1 fully saturated rings. The molecule has 0 saturated carbocycles. The second-order valence-electron chi connectivity index (χ2n) is 5.48. The highest BCUT2D eigenvalue weighted by Crippen LogP contribution is 2.17. The Morgan fingerprint density at radius 1 is 1.38 bits per heavy atom. The van der Waals surface area contributed by atoms with E-state index in [1.54, 1.807) is 0 Å². The van der Waals surface area contributed by atoms with Crippen molar-refractivity contribution < 1.29 is 14.0 Å². The number of nitrogens with two attached hydrogens (primary N) is 1. The Labute approximate surface area is 123 Å². The maximum Gasteiger partial charge on any atom is 0.251 e. The van der Waals surface area contributed by atoms with Crippen LogP contribution in [0.25, 0.3) is 0 Å². The zero-order valence-corrected chi connectivity index (χ0v) is 12.1. The molecule has 0 aliphatic carbocycles. The summed E-state index contributed by atoms with van der Waals surface area (Å²) >= 11 is 0. The molecule has 0 atom stereocenters. The largest absolute Gasteiger partial charge is 0.376 e. The van der Waals surface area contributed by atoms with Gasteiger partial charge in [-0.25, -0.2) is 4.39 Å². The number of carbonyl (C=O) groups excluding carboxylic acids is 2. The fourth-order valence-corrected chi connectivity index (χ4v) is 2.37. The Bertz CT molecular complexity index is 540. The Balaban J connectivity index is 1.92. The number of amides is 2. The van der Waals surface area contributed by atoms with Gasteiger partial charge in [-0.2, -0.15) is 0 Å². The summed E-state index contributed by atoms with van der Waals surface area (Å²) in [5, 5.41) is 2.91. The summed E-state index contributed by atoms with van der Waals surface area (Å²) in [6.07, 6.45) is 2.04. The number of primary amides is 1. The van der Waals surface area contributed by atoms with Gasteiger partial charge in [-0.05, 0) is 37.0 Å². The fourth-order valence-electron chi connectivity index (χ4n) is 2.37. The lowest BCUT2D eigenvalue weighted by Crippen LogP contribution is -2.40. The van der Waals surface area contributed by atoms with Gasteiger partial charge in [-0.3, -0.25) is 9.59 Å². The number of hydrogen-bond acceptors (Lipinski definition) is 3. The van der Waals surface area contributed by atoms with Crippen LogP contribution in [0, 0.1) is 11.7 Å². The lowest BCUT2D eigenvalue weighted by Gasteiger charge is -2.30. The van der Waals surface area contributed by atoms with E-state index in [4.69, 9.17) is 5.73 Å². The van der Waals surface area contributed by atoms with Crippen molar-refractivity contribution in [1.82, 2.24) is 4.90 Å². The average molecular weight is 293 g/mol. The van der Waals surface area contributed by atoms with E-state index in [9.17, 15) is 14.0 Å². The molecule has 1 aliphatic heterocycles. The van der Waals surface area contributed by atoms with E-state index in [0.29, 0.717) is 11.6 Å². The Morgan fingerprint density at radius 2 is 2.05 bits per heavy atom. The number of likely N-dealkylation sites (tertiary alicyclic amines) is 1. The van der Waals surface area contributed by atoms with Gasteiger partial charge in [0, 0.05) is 18.8 Å². The molecule has 1 aromatic carbocycles. The summed E-state index contributed by atoms with van der Waals surface area (Å²) in [4.78, 5) is 25.0. The molecule has 6 heteroatoms. The highest BCUT2D eigenvalue weighted by atomic mass is 19.1. The number of rotatable bonds is 4. The van der Waals surface area contributed by atoms with Crippen LogP contribution >= 0.6 is 0 Å². The smallest absolute Gasteiger partial charge is 0.251 e. The quantitative estimate of drug-likeness (QED) is 0.885. The number of nitrogens with zero attached hydrogens (tertiary/aromatic N) is 1. The molecule has 0 unspecified atom stereocenters. The minimum absolute atomic E-state index is 0.00634. The van der Waals surface area contributed by atoms with E-state index in [1.807, 2.05) is 4.90 Å². The summed E-state index contributed by atoms with van der Waals surface area (Å²) in [6.45, 7) is 3.86. The number of nitrogens with one attached hydrogen (secondary N) is 1. The van der Waals surface area contributed by atoms with Gasteiger partial charge < -0.3 is 16.0 Å². The Hall–Kier alpha value is -2.11. The molecule has 5 nitrogen and oxygen atoms in total. The van der Waals surface area contributed by atoms with Crippen molar-refractivity contribution in [2.75, 3.05) is 25.0 Å². The van der Waals surface area contributed by atoms with E-state index >= 15 is 0 Å². The lowest BCUT2D eigenvalue weighted by molar-refractivity contribution is -0.130. The van der Waals surface area contributed by atoms with Crippen LogP contribution in [-0.2, 0) is 4.79 Å². The van der Waals surface area contributed by atoms with Crippen LogP contribution in [-0.4, -0.2) is 36.3 Å². The number of benzene rings is 1. The van der Waals surface area contributed by atoms with Crippen molar-refractivity contribution in [3.05, 3.63) is 29.6 Å². The lowest BCUT2D eigenvalue weighted by atomic mass is 9.99. The van der Waals surface area contributed by atoms with Crippen LogP contribution in [0.4, 0.5) is 10.1 Å². The topological polar surface area (TPSA) is 75.4 Å². The zero-order chi connectivity index (χ0) is 15.4. The van der Waals surface area contributed by atoms with Gasteiger partial charge in [0.15, 0.2) is 0 Å². The Kier molecular flexibility index (Phi) is 4.77. The maximum atomic E-state index is 13.3. The van der Waals surface area contributed by atoms with Crippen molar-refractivity contribution in [2.24, 2.45) is 11.7 Å². The molecule has 1 aliphatic rings. The van der Waals surface area contributed by atoms with Crippen molar-refractivity contribution in [2.45, 2.75) is 19.8 Å². The third kappa shape index (κ3) is 3.93. The molecule has 114 valence electrons. The van der Waals surface area contributed by atoms with Crippen LogP contribution in [0.5, 0.6) is 0 Å². The molecule has 0 bridgehead atoms. The first-order valence-corrected chi connectivity index (χ1v) is 7.08. The van der Waals surface area contributed by atoms with E-state index in [2.05, 4.69) is 12.2 Å². The normalized spacial score (nSPS) is 15.8. The summed E-state index contributed by atoms with van der Waals surface area (Å²) < 4.78 is 13.3. The van der Waals surface area contributed by atoms with Gasteiger partial charge in [0.1, 0.15) is 5.82 Å². The molecule has 0 aromatic heterocycles. The minimum Gasteiger partial charge on any atom is -0.376 e. The van der Waals surface area contributed by atoms with Gasteiger partial charge in [0.05, 0.1) is 12.1 Å². The molecule has 0 spiro atoms. The van der Waals surface area contributed by atoms with Crippen LogP contribution < -0.4 is 11.1 Å². The number of anilines is 1. The van der Waals surface area contributed by atoms with E-state index < -0.39 is 11.7 Å². The standard InChI is InChI=1S/C15H20FN3O2/c1-10-4-6-19(7-5-10)14(20)9-18-11-2-3-13(16)12(8-11)15(17)21/h2-3,8,10,18H,4-7,9H2,1H3,(H2,17,21). The highest BCUT2D eigenvalue weighted by molar-refractivity contribution is 5.94. The van der Waals surface area contributed by atoms with Gasteiger partial charge in [-0.15, -0.1) is 0 Å². The molecule has 0 radical (unpaired) electrons. The summed E-state index contributed by atoms with van der Waals surface area (Å²) in [5.41, 5.74) is 5.41. The van der Waals surface area contributed by atoms with E-state index in [-0.39, 0.29) is 18.0 Å². The molecule has 3 N–H and O–H groups in total. The number of piperidine rings is 1. The first-order chi connectivity index (χ1) is 9.97. The summed E-state index contributed by atoms with van der Waals surface area (Å²) in [7, 11) is 0.